The predicted octanol–water partition coefficient (Wildman–Crippen LogP) is 0.896. The second kappa shape index (κ2) is 18.1. The van der Waals surface area contributed by atoms with Crippen LogP contribution in [-0.4, -0.2) is 92.5 Å². The molecule has 1 aliphatic heterocycles. The van der Waals surface area contributed by atoms with Gasteiger partial charge < -0.3 is 33.2 Å². The van der Waals surface area contributed by atoms with Crippen molar-refractivity contribution in [2.45, 2.75) is 12.8 Å². The third kappa shape index (κ3) is 16.4. The zero-order chi connectivity index (χ0) is 16.3. The molecule has 0 N–H and O–H groups in total. The molecule has 1 saturated heterocycles. The van der Waals surface area contributed by atoms with E-state index in [1.165, 1.54) is 0 Å². The van der Waals surface area contributed by atoms with Crippen LogP contribution in [0.1, 0.15) is 12.8 Å². The fourth-order valence-electron chi connectivity index (χ4n) is 1.83. The zero-order valence-corrected chi connectivity index (χ0v) is 14.2. The maximum absolute atomic E-state index is 5.48. The van der Waals surface area contributed by atoms with E-state index in [9.17, 15) is 0 Å². The van der Waals surface area contributed by atoms with Crippen molar-refractivity contribution in [1.82, 2.24) is 0 Å². The molecule has 0 aromatic rings. The van der Waals surface area contributed by atoms with Crippen molar-refractivity contribution in [1.29, 1.82) is 0 Å². The van der Waals surface area contributed by atoms with E-state index < -0.39 is 0 Å². The Balaban J connectivity index is 2.00. The molecule has 0 aromatic carbocycles. The van der Waals surface area contributed by atoms with E-state index in [1.54, 1.807) is 0 Å². The van der Waals surface area contributed by atoms with Gasteiger partial charge in [-0.2, -0.15) is 0 Å². The molecule has 1 fully saturated rings. The van der Waals surface area contributed by atoms with Crippen molar-refractivity contribution in [2.75, 3.05) is 92.5 Å². The summed E-state index contributed by atoms with van der Waals surface area (Å²) in [5, 5.41) is 0. The Labute approximate surface area is 139 Å². The first-order chi connectivity index (χ1) is 11.5. The van der Waals surface area contributed by atoms with Gasteiger partial charge in [-0.1, -0.05) is 0 Å². The highest BCUT2D eigenvalue weighted by molar-refractivity contribution is 4.41. The van der Waals surface area contributed by atoms with Crippen LogP contribution in [0.3, 0.4) is 0 Å². The highest BCUT2D eigenvalue weighted by Crippen LogP contribution is 1.92. The van der Waals surface area contributed by atoms with Gasteiger partial charge in [0, 0.05) is 13.2 Å². The summed E-state index contributed by atoms with van der Waals surface area (Å²) in [6.45, 7) is 8.55. The Kier molecular flexibility index (Phi) is 16.3. The van der Waals surface area contributed by atoms with Crippen molar-refractivity contribution in [3.63, 3.8) is 0 Å². The Hall–Kier alpha value is -0.280. The predicted molar refractivity (Wildman–Crippen MR) is 85.0 cm³/mol. The van der Waals surface area contributed by atoms with Gasteiger partial charge >= 0.3 is 0 Å². The van der Waals surface area contributed by atoms with E-state index in [0.29, 0.717) is 79.3 Å². The Morgan fingerprint density at radius 3 is 0.609 bits per heavy atom. The zero-order valence-electron chi connectivity index (χ0n) is 14.2. The Morgan fingerprint density at radius 2 is 0.391 bits per heavy atom. The lowest BCUT2D eigenvalue weighted by atomic mass is 10.3. The van der Waals surface area contributed by atoms with Crippen molar-refractivity contribution >= 4 is 0 Å². The molecular weight excluding hydrogens is 304 g/mol. The van der Waals surface area contributed by atoms with Gasteiger partial charge in [0.2, 0.25) is 0 Å². The number of hydrogen-bond donors (Lipinski definition) is 0. The summed E-state index contributed by atoms with van der Waals surface area (Å²) in [5.41, 5.74) is 0. The summed E-state index contributed by atoms with van der Waals surface area (Å²) in [4.78, 5) is 0. The molecule has 0 aliphatic carbocycles. The second-order valence-electron chi connectivity index (χ2n) is 4.99. The lowest BCUT2D eigenvalue weighted by molar-refractivity contribution is -0.0189. The maximum Gasteiger partial charge on any atom is 0.0701 e. The molecule has 1 heterocycles. The molecule has 0 radical (unpaired) electrons. The van der Waals surface area contributed by atoms with Gasteiger partial charge in [-0.3, -0.25) is 0 Å². The SMILES string of the molecule is C1CCOCCOCCOCCOCCOCCOCCOC1. The number of ether oxygens (including phenoxy) is 7. The second-order valence-corrected chi connectivity index (χ2v) is 4.99. The van der Waals surface area contributed by atoms with Crippen LogP contribution in [0.2, 0.25) is 0 Å². The molecule has 0 saturated carbocycles. The Bertz CT molecular complexity index is 124. The standard InChI is InChI=1S/C16H32O7/c1-2-4-18-6-8-20-10-12-22-14-16-23-15-13-21-11-9-19-7-5-17-3-1/h1-16H2. The van der Waals surface area contributed by atoms with Crippen molar-refractivity contribution in [3.8, 4) is 0 Å². The topological polar surface area (TPSA) is 64.6 Å². The van der Waals surface area contributed by atoms with Crippen LogP contribution in [-0.2, 0) is 33.2 Å². The number of rotatable bonds is 0. The monoisotopic (exact) mass is 336 g/mol. The minimum atomic E-state index is 0.570. The van der Waals surface area contributed by atoms with Crippen LogP contribution in [0.25, 0.3) is 0 Å². The van der Waals surface area contributed by atoms with Gasteiger partial charge in [0.05, 0.1) is 79.3 Å². The molecule has 23 heavy (non-hydrogen) atoms. The van der Waals surface area contributed by atoms with Crippen LogP contribution >= 0.6 is 0 Å². The van der Waals surface area contributed by atoms with E-state index >= 15 is 0 Å². The summed E-state index contributed by atoms with van der Waals surface area (Å²) in [6, 6.07) is 0. The molecule has 1 rings (SSSR count). The third-order valence-corrected chi connectivity index (χ3v) is 3.06. The molecule has 7 nitrogen and oxygen atoms in total. The van der Waals surface area contributed by atoms with Gasteiger partial charge in [0.1, 0.15) is 0 Å². The van der Waals surface area contributed by atoms with E-state index in [2.05, 4.69) is 0 Å². The first kappa shape index (κ1) is 20.8. The molecule has 1 aliphatic rings. The number of hydrogen-bond acceptors (Lipinski definition) is 7. The molecule has 0 amide bonds. The van der Waals surface area contributed by atoms with Crippen LogP contribution in [0.5, 0.6) is 0 Å². The van der Waals surface area contributed by atoms with Gasteiger partial charge in [-0.25, -0.2) is 0 Å². The Morgan fingerprint density at radius 1 is 0.217 bits per heavy atom. The summed E-state index contributed by atoms with van der Waals surface area (Å²) in [7, 11) is 0. The lowest BCUT2D eigenvalue weighted by Crippen LogP contribution is -2.14. The molecule has 0 atom stereocenters. The molecule has 0 bridgehead atoms. The maximum atomic E-state index is 5.48. The molecule has 0 aromatic heterocycles. The molecule has 0 unspecified atom stereocenters. The van der Waals surface area contributed by atoms with Crippen LogP contribution < -0.4 is 0 Å². The van der Waals surface area contributed by atoms with Crippen LogP contribution in [0, 0.1) is 0 Å². The fraction of sp³-hybridized carbons (Fsp3) is 1.00. The minimum absolute atomic E-state index is 0.570. The third-order valence-electron chi connectivity index (χ3n) is 3.06. The highest BCUT2D eigenvalue weighted by Gasteiger charge is 1.96. The smallest absolute Gasteiger partial charge is 0.0701 e. The van der Waals surface area contributed by atoms with E-state index in [1.807, 2.05) is 0 Å². The first-order valence-corrected chi connectivity index (χ1v) is 8.54. The lowest BCUT2D eigenvalue weighted by Gasteiger charge is -2.08. The summed E-state index contributed by atoms with van der Waals surface area (Å²) < 4.78 is 38.0. The van der Waals surface area contributed by atoms with Gasteiger partial charge in [0.15, 0.2) is 0 Å². The quantitative estimate of drug-likeness (QED) is 0.651. The average molecular weight is 336 g/mol. The van der Waals surface area contributed by atoms with Crippen molar-refractivity contribution in [2.24, 2.45) is 0 Å². The fourth-order valence-corrected chi connectivity index (χ4v) is 1.83. The normalized spacial score (nSPS) is 24.0. The van der Waals surface area contributed by atoms with Crippen LogP contribution in [0.15, 0.2) is 0 Å². The van der Waals surface area contributed by atoms with Crippen molar-refractivity contribution in [3.05, 3.63) is 0 Å². The van der Waals surface area contributed by atoms with E-state index in [-0.39, 0.29) is 0 Å². The van der Waals surface area contributed by atoms with E-state index in [4.69, 9.17) is 33.2 Å². The van der Waals surface area contributed by atoms with E-state index in [0.717, 1.165) is 26.1 Å². The van der Waals surface area contributed by atoms with Gasteiger partial charge in [0.25, 0.3) is 0 Å². The largest absolute Gasteiger partial charge is 0.379 e. The van der Waals surface area contributed by atoms with Crippen molar-refractivity contribution < 1.29 is 33.2 Å². The first-order valence-electron chi connectivity index (χ1n) is 8.54. The summed E-state index contributed by atoms with van der Waals surface area (Å²) >= 11 is 0. The molecular formula is C16H32O7. The van der Waals surface area contributed by atoms with Gasteiger partial charge in [-0.15, -0.1) is 0 Å². The minimum Gasteiger partial charge on any atom is -0.379 e. The summed E-state index contributed by atoms with van der Waals surface area (Å²) in [5.74, 6) is 0. The average Bonchev–Trinajstić information content (AvgIpc) is 2.56. The summed E-state index contributed by atoms with van der Waals surface area (Å²) in [6.07, 6.45) is 2.00. The molecule has 0 spiro atoms. The molecule has 138 valence electrons. The van der Waals surface area contributed by atoms with Gasteiger partial charge in [-0.05, 0) is 12.8 Å². The molecule has 7 heteroatoms. The highest BCUT2D eigenvalue weighted by atomic mass is 16.6. The van der Waals surface area contributed by atoms with Crippen LogP contribution in [0.4, 0.5) is 0 Å².